The van der Waals surface area contributed by atoms with Gasteiger partial charge in [-0.3, -0.25) is 4.79 Å². The van der Waals surface area contributed by atoms with Gasteiger partial charge in [-0.25, -0.2) is 0 Å². The van der Waals surface area contributed by atoms with Crippen molar-refractivity contribution in [3.8, 4) is 5.75 Å². The summed E-state index contributed by atoms with van der Waals surface area (Å²) < 4.78 is 6.19. The van der Waals surface area contributed by atoms with E-state index in [1.165, 1.54) is 11.8 Å². The van der Waals surface area contributed by atoms with E-state index in [9.17, 15) is 9.70 Å². The Bertz CT molecular complexity index is 534. The number of carbonyl (C=O) groups is 1. The molecule has 1 aromatic rings. The molecule has 0 saturated heterocycles. The highest BCUT2D eigenvalue weighted by Crippen LogP contribution is 2.44. The highest BCUT2D eigenvalue weighted by Gasteiger charge is 2.39. The smallest absolute Gasteiger partial charge is 0.271 e. The van der Waals surface area contributed by atoms with Crippen molar-refractivity contribution in [2.75, 3.05) is 13.7 Å². The van der Waals surface area contributed by atoms with Gasteiger partial charge in [0.1, 0.15) is 5.75 Å². The van der Waals surface area contributed by atoms with Gasteiger partial charge in [0.15, 0.2) is 0 Å². The number of benzene rings is 1. The molecule has 1 atom stereocenters. The summed E-state index contributed by atoms with van der Waals surface area (Å²) in [4.78, 5) is 24.7. The maximum Gasteiger partial charge on any atom is 0.271 e. The quantitative estimate of drug-likeness (QED) is 0.786. The molecular weight excluding hydrogens is 288 g/mol. The molecule has 2 rings (SSSR count). The van der Waals surface area contributed by atoms with E-state index >= 15 is 0 Å². The van der Waals surface area contributed by atoms with Crippen LogP contribution in [0.25, 0.3) is 0 Å². The molecular formula is C15H21N2O3S+. The number of methoxy groups -OCH3 is 1. The summed E-state index contributed by atoms with van der Waals surface area (Å²) in [6.07, 6.45) is 3.11. The molecule has 1 unspecified atom stereocenters. The molecule has 1 aliphatic rings. The number of ether oxygens (including phenoxy) is 1. The van der Waals surface area contributed by atoms with Gasteiger partial charge in [0.05, 0.1) is 16.8 Å². The number of carbonyl (C=O) groups excluding carboxylic acids is 1. The van der Waals surface area contributed by atoms with Gasteiger partial charge in [-0.05, 0) is 24.2 Å². The first kappa shape index (κ1) is 15.8. The third kappa shape index (κ3) is 3.97. The summed E-state index contributed by atoms with van der Waals surface area (Å²) in [5.41, 5.74) is 0.683. The minimum atomic E-state index is -0.182. The van der Waals surface area contributed by atoms with Crippen LogP contribution in [0.3, 0.4) is 0 Å². The van der Waals surface area contributed by atoms with Crippen LogP contribution in [0.2, 0.25) is 0 Å². The van der Waals surface area contributed by atoms with Crippen molar-refractivity contribution in [1.29, 1.82) is 0 Å². The fraction of sp³-hybridized carbons (Fsp3) is 0.533. The number of fused-ring (bicyclic) bond motifs is 1. The lowest BCUT2D eigenvalue weighted by Gasteiger charge is -2.04. The number of amides is 1. The topological polar surface area (TPSA) is 58.4 Å². The molecule has 0 saturated carbocycles. The maximum absolute atomic E-state index is 12.2. The Kier molecular flexibility index (Phi) is 5.61. The first-order valence-corrected chi connectivity index (χ1v) is 8.11. The Morgan fingerprint density at radius 1 is 1.48 bits per heavy atom. The van der Waals surface area contributed by atoms with Gasteiger partial charge in [0.25, 0.3) is 11.1 Å². The van der Waals surface area contributed by atoms with Gasteiger partial charge in [0, 0.05) is 36.4 Å². The Morgan fingerprint density at radius 3 is 3.00 bits per heavy atom. The van der Waals surface area contributed by atoms with E-state index in [1.807, 2.05) is 6.07 Å². The largest absolute Gasteiger partial charge is 0.497 e. The molecule has 6 heteroatoms. The Balaban J connectivity index is 1.84. The fourth-order valence-corrected chi connectivity index (χ4v) is 3.39. The molecule has 0 spiro atoms. The lowest BCUT2D eigenvalue weighted by Crippen LogP contribution is -2.27. The third-order valence-electron chi connectivity index (χ3n) is 3.40. The summed E-state index contributed by atoms with van der Waals surface area (Å²) in [6.45, 7) is 2.59. The van der Waals surface area contributed by atoms with E-state index in [1.54, 1.807) is 19.2 Å². The van der Waals surface area contributed by atoms with Crippen LogP contribution in [0.4, 0.5) is 5.69 Å². The molecule has 114 valence electrons. The molecule has 1 N–H and O–H groups in total. The van der Waals surface area contributed by atoms with Gasteiger partial charge >= 0.3 is 0 Å². The molecule has 0 aromatic heterocycles. The molecule has 5 nitrogen and oxygen atoms in total. The first-order valence-electron chi connectivity index (χ1n) is 7.23. The van der Waals surface area contributed by atoms with E-state index in [4.69, 9.17) is 4.74 Å². The second-order valence-electron chi connectivity index (χ2n) is 4.97. The summed E-state index contributed by atoms with van der Waals surface area (Å²) >= 11 is 1.53. The Hall–Kier alpha value is -1.56. The zero-order valence-electron chi connectivity index (χ0n) is 12.4. The molecule has 0 bridgehead atoms. The Labute approximate surface area is 129 Å². The van der Waals surface area contributed by atoms with Crippen LogP contribution in [-0.2, 0) is 4.79 Å². The molecule has 1 heterocycles. The SMILES string of the molecule is CCCCC(=O)NCCC1Sc2cc(OC)ccc2[N+]1=O. The number of hydrogen-bond donors (Lipinski definition) is 1. The molecule has 21 heavy (non-hydrogen) atoms. The molecule has 1 amide bonds. The zero-order valence-corrected chi connectivity index (χ0v) is 13.2. The molecule has 1 aliphatic heterocycles. The zero-order chi connectivity index (χ0) is 15.2. The van der Waals surface area contributed by atoms with E-state index in [-0.39, 0.29) is 11.3 Å². The normalized spacial score (nSPS) is 16.7. The number of rotatable bonds is 7. The number of hydrogen-bond acceptors (Lipinski definition) is 4. The lowest BCUT2D eigenvalue weighted by molar-refractivity contribution is -0.476. The van der Waals surface area contributed by atoms with Crippen LogP contribution >= 0.6 is 11.8 Å². The van der Waals surface area contributed by atoms with Gasteiger partial charge in [-0.1, -0.05) is 13.3 Å². The maximum atomic E-state index is 12.2. The second kappa shape index (κ2) is 7.45. The first-order chi connectivity index (χ1) is 10.2. The van der Waals surface area contributed by atoms with Crippen molar-refractivity contribution in [3.63, 3.8) is 0 Å². The molecule has 0 radical (unpaired) electrons. The van der Waals surface area contributed by atoms with Gasteiger partial charge < -0.3 is 10.1 Å². The van der Waals surface area contributed by atoms with E-state index in [2.05, 4.69) is 12.2 Å². The number of nitroso groups, excluding NO2 is 1. The predicted molar refractivity (Wildman–Crippen MR) is 83.1 cm³/mol. The second-order valence-corrected chi connectivity index (χ2v) is 6.19. The van der Waals surface area contributed by atoms with Crippen LogP contribution < -0.4 is 10.1 Å². The van der Waals surface area contributed by atoms with Crippen LogP contribution in [0.15, 0.2) is 23.1 Å². The van der Waals surface area contributed by atoms with Gasteiger partial charge in [-0.15, -0.1) is 0 Å². The van der Waals surface area contributed by atoms with Crippen molar-refractivity contribution in [2.24, 2.45) is 0 Å². The van der Waals surface area contributed by atoms with E-state index in [0.717, 1.165) is 28.2 Å². The van der Waals surface area contributed by atoms with E-state index < -0.39 is 0 Å². The molecule has 1 aromatic carbocycles. The van der Waals surface area contributed by atoms with Crippen molar-refractivity contribution < 1.29 is 14.3 Å². The minimum Gasteiger partial charge on any atom is -0.497 e. The fourth-order valence-electron chi connectivity index (χ4n) is 2.18. The highest BCUT2D eigenvalue weighted by atomic mass is 32.2. The third-order valence-corrected chi connectivity index (χ3v) is 4.68. The van der Waals surface area contributed by atoms with Gasteiger partial charge in [-0.2, -0.15) is 0 Å². The standard InChI is InChI=1S/C15H20N2O3S/c1-3-4-5-14(18)16-9-8-15-17(19)12-7-6-11(20-2)10-13(12)21-15/h6-7,10,15H,3-5,8-9H2,1-2H3/p+1. The average Bonchev–Trinajstić information content (AvgIpc) is 2.81. The van der Waals surface area contributed by atoms with Gasteiger partial charge in [0.2, 0.25) is 5.91 Å². The van der Waals surface area contributed by atoms with Crippen molar-refractivity contribution >= 4 is 23.4 Å². The number of unbranched alkanes of at least 4 members (excludes halogenated alkanes) is 1. The number of nitrogens with zero attached hydrogens (tertiary/aromatic N) is 1. The van der Waals surface area contributed by atoms with Crippen molar-refractivity contribution in [1.82, 2.24) is 5.32 Å². The highest BCUT2D eigenvalue weighted by molar-refractivity contribution is 8.00. The van der Waals surface area contributed by atoms with Crippen LogP contribution in [0, 0.1) is 4.91 Å². The van der Waals surface area contributed by atoms with E-state index in [0.29, 0.717) is 25.1 Å². The van der Waals surface area contributed by atoms with Crippen LogP contribution in [0.5, 0.6) is 5.75 Å². The summed E-state index contributed by atoms with van der Waals surface area (Å²) in [5, 5.41) is 2.69. The summed E-state index contributed by atoms with van der Waals surface area (Å²) in [7, 11) is 1.61. The Morgan fingerprint density at radius 2 is 2.29 bits per heavy atom. The van der Waals surface area contributed by atoms with Crippen molar-refractivity contribution in [3.05, 3.63) is 23.1 Å². The van der Waals surface area contributed by atoms with Crippen LogP contribution in [0.1, 0.15) is 32.6 Å². The predicted octanol–water partition coefficient (Wildman–Crippen LogP) is 3.23. The minimum absolute atomic E-state index is 0.0662. The number of nitrogens with one attached hydrogen (secondary N) is 1. The average molecular weight is 309 g/mol. The lowest BCUT2D eigenvalue weighted by atomic mass is 10.2. The molecule has 0 fully saturated rings. The number of thioether (sulfide) groups is 1. The monoisotopic (exact) mass is 309 g/mol. The molecule has 0 aliphatic carbocycles. The summed E-state index contributed by atoms with van der Waals surface area (Å²) in [5.74, 6) is 0.819. The summed E-state index contributed by atoms with van der Waals surface area (Å²) in [6, 6.07) is 5.46. The van der Waals surface area contributed by atoms with Crippen molar-refractivity contribution in [2.45, 2.75) is 42.9 Å². The van der Waals surface area contributed by atoms with Crippen LogP contribution in [-0.4, -0.2) is 29.7 Å².